The third-order valence-corrected chi connectivity index (χ3v) is 5.90. The summed E-state index contributed by atoms with van der Waals surface area (Å²) in [5.41, 5.74) is 1.15. The Balaban J connectivity index is 1.72. The molecule has 126 valence electrons. The van der Waals surface area contributed by atoms with E-state index in [1.807, 2.05) is 30.1 Å². The predicted molar refractivity (Wildman–Crippen MR) is 93.1 cm³/mol. The minimum Gasteiger partial charge on any atom is -0.357 e. The van der Waals surface area contributed by atoms with Gasteiger partial charge in [-0.1, -0.05) is 6.07 Å². The van der Waals surface area contributed by atoms with Gasteiger partial charge in [-0.15, -0.1) is 11.3 Å². The molecule has 0 bridgehead atoms. The summed E-state index contributed by atoms with van der Waals surface area (Å²) in [6, 6.07) is 5.32. The second-order valence-electron chi connectivity index (χ2n) is 4.87. The number of hydrogen-bond acceptors (Lipinski definition) is 4. The average molecular weight is 355 g/mol. The highest BCUT2D eigenvalue weighted by Crippen LogP contribution is 2.14. The number of sulfonamides is 1. The van der Waals surface area contributed by atoms with Crippen LogP contribution < -0.4 is 15.4 Å². The molecule has 0 saturated heterocycles. The summed E-state index contributed by atoms with van der Waals surface area (Å²) in [4.78, 5) is 4.11. The van der Waals surface area contributed by atoms with Crippen LogP contribution in [0.25, 0.3) is 0 Å². The van der Waals surface area contributed by atoms with Gasteiger partial charge in [0.1, 0.15) is 4.21 Å². The standard InChI is InChI=1S/C14H21N5O2S2/c1-15-14(17-10-12-5-8-19(2)11-12)16-6-7-18-23(20,21)13-4-3-9-22-13/h3-5,8-9,11,18H,6-7,10H2,1-2H3,(H2,15,16,17). The van der Waals surface area contributed by atoms with Crippen molar-refractivity contribution in [3.8, 4) is 0 Å². The van der Waals surface area contributed by atoms with E-state index in [4.69, 9.17) is 0 Å². The third kappa shape index (κ3) is 5.38. The van der Waals surface area contributed by atoms with Crippen LogP contribution in [-0.4, -0.2) is 39.1 Å². The lowest BCUT2D eigenvalue weighted by Gasteiger charge is -2.11. The van der Waals surface area contributed by atoms with E-state index in [9.17, 15) is 8.42 Å². The van der Waals surface area contributed by atoms with Crippen molar-refractivity contribution >= 4 is 27.3 Å². The van der Waals surface area contributed by atoms with Gasteiger partial charge in [-0.25, -0.2) is 13.1 Å². The van der Waals surface area contributed by atoms with Crippen LogP contribution >= 0.6 is 11.3 Å². The largest absolute Gasteiger partial charge is 0.357 e. The number of guanidine groups is 1. The van der Waals surface area contributed by atoms with Gasteiger partial charge in [0, 0.05) is 46.1 Å². The lowest BCUT2D eigenvalue weighted by molar-refractivity contribution is 0.582. The van der Waals surface area contributed by atoms with Crippen molar-refractivity contribution in [3.05, 3.63) is 41.5 Å². The van der Waals surface area contributed by atoms with Crippen molar-refractivity contribution in [3.63, 3.8) is 0 Å². The van der Waals surface area contributed by atoms with Crippen molar-refractivity contribution in [2.75, 3.05) is 20.1 Å². The first-order valence-corrected chi connectivity index (χ1v) is 9.46. The Morgan fingerprint density at radius 1 is 1.30 bits per heavy atom. The topological polar surface area (TPSA) is 87.5 Å². The molecule has 2 aromatic heterocycles. The van der Waals surface area contributed by atoms with Gasteiger partial charge < -0.3 is 15.2 Å². The highest BCUT2D eigenvalue weighted by Gasteiger charge is 2.13. The first-order chi connectivity index (χ1) is 11.0. The van der Waals surface area contributed by atoms with Crippen molar-refractivity contribution in [2.24, 2.45) is 12.0 Å². The van der Waals surface area contributed by atoms with Crippen molar-refractivity contribution in [1.29, 1.82) is 0 Å². The van der Waals surface area contributed by atoms with E-state index >= 15 is 0 Å². The molecule has 0 atom stereocenters. The fourth-order valence-corrected chi connectivity index (χ4v) is 4.00. The van der Waals surface area contributed by atoms with Gasteiger partial charge in [0.2, 0.25) is 10.0 Å². The summed E-state index contributed by atoms with van der Waals surface area (Å²) in [7, 11) is 0.237. The Hall–Kier alpha value is -1.84. The molecule has 3 N–H and O–H groups in total. The summed E-state index contributed by atoms with van der Waals surface area (Å²) in [6.45, 7) is 1.38. The first-order valence-electron chi connectivity index (χ1n) is 7.10. The SMILES string of the molecule is CN=C(NCCNS(=O)(=O)c1cccs1)NCc1ccn(C)c1. The molecule has 0 spiro atoms. The molecule has 0 aliphatic carbocycles. The summed E-state index contributed by atoms with van der Waals surface area (Å²) in [5.74, 6) is 0.629. The maximum atomic E-state index is 11.9. The molecule has 0 fully saturated rings. The molecule has 2 rings (SSSR count). The number of aryl methyl sites for hydroxylation is 1. The summed E-state index contributed by atoms with van der Waals surface area (Å²) in [6.07, 6.45) is 4.00. The van der Waals surface area contributed by atoms with Crippen LogP contribution in [0.3, 0.4) is 0 Å². The highest BCUT2D eigenvalue weighted by atomic mass is 32.2. The molecule has 23 heavy (non-hydrogen) atoms. The monoisotopic (exact) mass is 355 g/mol. The molecule has 2 heterocycles. The Morgan fingerprint density at radius 3 is 2.74 bits per heavy atom. The lowest BCUT2D eigenvalue weighted by Crippen LogP contribution is -2.41. The summed E-state index contributed by atoms with van der Waals surface area (Å²) < 4.78 is 28.7. The van der Waals surface area contributed by atoms with Crippen LogP contribution in [0.2, 0.25) is 0 Å². The molecule has 0 aliphatic heterocycles. The predicted octanol–water partition coefficient (Wildman–Crippen LogP) is 0.730. The van der Waals surface area contributed by atoms with E-state index in [1.165, 1.54) is 11.3 Å². The maximum absolute atomic E-state index is 11.9. The maximum Gasteiger partial charge on any atom is 0.250 e. The van der Waals surface area contributed by atoms with Gasteiger partial charge >= 0.3 is 0 Å². The number of hydrogen-bond donors (Lipinski definition) is 3. The van der Waals surface area contributed by atoms with Crippen molar-refractivity contribution in [1.82, 2.24) is 19.9 Å². The zero-order chi connectivity index (χ0) is 16.7. The van der Waals surface area contributed by atoms with Crippen LogP contribution in [0, 0.1) is 0 Å². The molecule has 7 nitrogen and oxygen atoms in total. The molecule has 9 heteroatoms. The molecule has 0 aromatic carbocycles. The van der Waals surface area contributed by atoms with Gasteiger partial charge in [0.25, 0.3) is 0 Å². The zero-order valence-electron chi connectivity index (χ0n) is 13.1. The van der Waals surface area contributed by atoms with E-state index in [0.29, 0.717) is 23.3 Å². The van der Waals surface area contributed by atoms with Gasteiger partial charge in [-0.3, -0.25) is 4.99 Å². The quantitative estimate of drug-likeness (QED) is 0.388. The van der Waals surface area contributed by atoms with E-state index in [2.05, 4.69) is 20.3 Å². The van der Waals surface area contributed by atoms with Crippen LogP contribution in [0.1, 0.15) is 5.56 Å². The molecule has 0 radical (unpaired) electrons. The van der Waals surface area contributed by atoms with Gasteiger partial charge in [0.15, 0.2) is 5.96 Å². The number of rotatable bonds is 7. The highest BCUT2D eigenvalue weighted by molar-refractivity contribution is 7.91. The Labute approximate surface area is 140 Å². The molecular weight excluding hydrogens is 334 g/mol. The summed E-state index contributed by atoms with van der Waals surface area (Å²) >= 11 is 1.20. The lowest BCUT2D eigenvalue weighted by atomic mass is 10.3. The molecule has 0 aliphatic rings. The van der Waals surface area contributed by atoms with E-state index in [1.54, 1.807) is 24.6 Å². The molecule has 0 unspecified atom stereocenters. The minimum atomic E-state index is -3.41. The minimum absolute atomic E-state index is 0.284. The number of aliphatic imine (C=N–C) groups is 1. The van der Waals surface area contributed by atoms with Gasteiger partial charge in [0.05, 0.1) is 0 Å². The smallest absolute Gasteiger partial charge is 0.250 e. The molecule has 0 saturated carbocycles. The number of nitrogens with one attached hydrogen (secondary N) is 3. The normalized spacial score (nSPS) is 12.3. The molecular formula is C14H21N5O2S2. The van der Waals surface area contributed by atoms with E-state index < -0.39 is 10.0 Å². The third-order valence-electron chi connectivity index (χ3n) is 3.05. The Kier molecular flexibility index (Phi) is 6.20. The van der Waals surface area contributed by atoms with E-state index in [0.717, 1.165) is 5.56 Å². The number of aromatic nitrogens is 1. The van der Waals surface area contributed by atoms with Crippen molar-refractivity contribution < 1.29 is 8.42 Å². The van der Waals surface area contributed by atoms with Crippen LogP contribution in [-0.2, 0) is 23.6 Å². The van der Waals surface area contributed by atoms with E-state index in [-0.39, 0.29) is 6.54 Å². The number of nitrogens with zero attached hydrogens (tertiary/aromatic N) is 2. The zero-order valence-corrected chi connectivity index (χ0v) is 14.7. The second-order valence-corrected chi connectivity index (χ2v) is 7.81. The average Bonchev–Trinajstić information content (AvgIpc) is 3.18. The fourth-order valence-electron chi connectivity index (χ4n) is 1.93. The van der Waals surface area contributed by atoms with Crippen LogP contribution in [0.4, 0.5) is 0 Å². The summed E-state index contributed by atoms with van der Waals surface area (Å²) in [5, 5.41) is 7.99. The Morgan fingerprint density at radius 2 is 2.13 bits per heavy atom. The number of thiophene rings is 1. The fraction of sp³-hybridized carbons (Fsp3) is 0.357. The second kappa shape index (κ2) is 8.14. The molecule has 2 aromatic rings. The Bertz CT molecular complexity index is 735. The van der Waals surface area contributed by atoms with Crippen LogP contribution in [0.5, 0.6) is 0 Å². The van der Waals surface area contributed by atoms with Crippen molar-refractivity contribution in [2.45, 2.75) is 10.8 Å². The van der Waals surface area contributed by atoms with Crippen LogP contribution in [0.15, 0.2) is 45.2 Å². The molecule has 0 amide bonds. The van der Waals surface area contributed by atoms with Gasteiger partial charge in [-0.05, 0) is 23.1 Å². The van der Waals surface area contributed by atoms with Gasteiger partial charge in [-0.2, -0.15) is 0 Å². The first kappa shape index (κ1) is 17.5.